The molecule has 3 aromatic rings. The second-order valence-electron chi connectivity index (χ2n) is 7.20. The molecule has 0 bridgehead atoms. The Morgan fingerprint density at radius 1 is 0.967 bits per heavy atom. The molecule has 0 aromatic heterocycles. The van der Waals surface area contributed by atoms with Crippen molar-refractivity contribution in [1.82, 2.24) is 4.90 Å². The largest absolute Gasteiger partial charge is 0.383 e. The first-order chi connectivity index (χ1) is 14.6. The molecule has 1 heterocycles. The summed E-state index contributed by atoms with van der Waals surface area (Å²) in [7, 11) is 0. The van der Waals surface area contributed by atoms with Crippen LogP contribution >= 0.6 is 0 Å². The monoisotopic (exact) mass is 402 g/mol. The molecule has 7 nitrogen and oxygen atoms in total. The van der Waals surface area contributed by atoms with Crippen LogP contribution in [0.2, 0.25) is 0 Å². The van der Waals surface area contributed by atoms with Crippen LogP contribution in [0.1, 0.15) is 5.56 Å². The Kier molecular flexibility index (Phi) is 5.61. The number of amides is 2. The van der Waals surface area contributed by atoms with Gasteiger partial charge in [-0.05, 0) is 23.8 Å². The smallest absolute Gasteiger partial charge is 0.325 e. The minimum atomic E-state index is -0.415. The van der Waals surface area contributed by atoms with Crippen molar-refractivity contribution in [2.24, 2.45) is 0 Å². The van der Waals surface area contributed by atoms with E-state index in [4.69, 9.17) is 0 Å². The van der Waals surface area contributed by atoms with Crippen LogP contribution in [0.4, 0.5) is 21.9 Å². The van der Waals surface area contributed by atoms with Crippen LogP contribution < -0.4 is 10.2 Å². The number of carbonyl (C=O) groups is 1. The molecule has 0 radical (unpaired) electrons. The van der Waals surface area contributed by atoms with Gasteiger partial charge in [-0.25, -0.2) is 4.79 Å². The number of nitro groups is 1. The number of anilines is 2. The van der Waals surface area contributed by atoms with Gasteiger partial charge in [-0.3, -0.25) is 15.0 Å². The van der Waals surface area contributed by atoms with Gasteiger partial charge >= 0.3 is 6.03 Å². The number of rotatable bonds is 7. The zero-order valence-corrected chi connectivity index (χ0v) is 16.3. The maximum Gasteiger partial charge on any atom is 0.325 e. The summed E-state index contributed by atoms with van der Waals surface area (Å²) < 4.78 is 0. The summed E-state index contributed by atoms with van der Waals surface area (Å²) in [5.74, 6) is 0. The molecule has 1 saturated heterocycles. The van der Waals surface area contributed by atoms with E-state index in [1.165, 1.54) is 12.1 Å². The van der Waals surface area contributed by atoms with E-state index in [-0.39, 0.29) is 17.8 Å². The van der Waals surface area contributed by atoms with Crippen molar-refractivity contribution in [2.45, 2.75) is 12.6 Å². The molecule has 7 heteroatoms. The van der Waals surface area contributed by atoms with E-state index in [1.807, 2.05) is 65.6 Å². The highest BCUT2D eigenvalue weighted by Crippen LogP contribution is 2.27. The van der Waals surface area contributed by atoms with Gasteiger partial charge in [0, 0.05) is 43.1 Å². The molecule has 4 rings (SSSR count). The lowest BCUT2D eigenvalue weighted by Gasteiger charge is -2.24. The highest BCUT2D eigenvalue weighted by molar-refractivity contribution is 5.95. The van der Waals surface area contributed by atoms with Gasteiger partial charge in [0.15, 0.2) is 0 Å². The van der Waals surface area contributed by atoms with Crippen LogP contribution in [0.15, 0.2) is 84.9 Å². The third-order valence-corrected chi connectivity index (χ3v) is 5.12. The van der Waals surface area contributed by atoms with Crippen LogP contribution in [0.25, 0.3) is 0 Å². The average molecular weight is 402 g/mol. The minimum absolute atomic E-state index is 0.0353. The van der Waals surface area contributed by atoms with Crippen molar-refractivity contribution < 1.29 is 9.72 Å². The maximum absolute atomic E-state index is 13.2. The summed E-state index contributed by atoms with van der Waals surface area (Å²) in [6.45, 7) is 1.58. The Balaban J connectivity index is 1.53. The summed E-state index contributed by atoms with van der Waals surface area (Å²) in [5, 5.41) is 14.3. The molecule has 1 aliphatic heterocycles. The fourth-order valence-electron chi connectivity index (χ4n) is 3.69. The maximum atomic E-state index is 13.2. The van der Waals surface area contributed by atoms with Gasteiger partial charge < -0.3 is 10.2 Å². The molecule has 1 unspecified atom stereocenters. The molecule has 0 aliphatic carbocycles. The van der Waals surface area contributed by atoms with Gasteiger partial charge in [-0.15, -0.1) is 0 Å². The SMILES string of the molecule is O=C1N(Cc2ccccc2)CC(CNc2cccc([N+](=O)[O-])c2)N1c1ccccc1. The highest BCUT2D eigenvalue weighted by Gasteiger charge is 2.37. The number of hydrogen-bond acceptors (Lipinski definition) is 4. The molecule has 1 aliphatic rings. The lowest BCUT2D eigenvalue weighted by Crippen LogP contribution is -2.38. The van der Waals surface area contributed by atoms with Gasteiger partial charge in [-0.2, -0.15) is 0 Å². The fourth-order valence-corrected chi connectivity index (χ4v) is 3.69. The van der Waals surface area contributed by atoms with Crippen LogP contribution in [-0.2, 0) is 6.54 Å². The zero-order chi connectivity index (χ0) is 20.9. The molecule has 0 spiro atoms. The molecular formula is C23H22N4O3. The van der Waals surface area contributed by atoms with E-state index in [9.17, 15) is 14.9 Å². The van der Waals surface area contributed by atoms with Gasteiger partial charge in [0.2, 0.25) is 0 Å². The number of carbonyl (C=O) groups excluding carboxylic acids is 1. The van der Waals surface area contributed by atoms with E-state index in [0.717, 1.165) is 11.3 Å². The summed E-state index contributed by atoms with van der Waals surface area (Å²) in [4.78, 5) is 27.5. The summed E-state index contributed by atoms with van der Waals surface area (Å²) in [5.41, 5.74) is 2.61. The number of hydrogen-bond donors (Lipinski definition) is 1. The number of nitrogens with zero attached hydrogens (tertiary/aromatic N) is 3. The van der Waals surface area contributed by atoms with Crippen molar-refractivity contribution in [2.75, 3.05) is 23.3 Å². The van der Waals surface area contributed by atoms with Crippen LogP contribution in [0, 0.1) is 10.1 Å². The van der Waals surface area contributed by atoms with Crippen molar-refractivity contribution in [3.63, 3.8) is 0 Å². The summed E-state index contributed by atoms with van der Waals surface area (Å²) in [6.07, 6.45) is 0. The Labute approximate surface area is 174 Å². The highest BCUT2D eigenvalue weighted by atomic mass is 16.6. The molecule has 1 atom stereocenters. The van der Waals surface area contributed by atoms with E-state index in [1.54, 1.807) is 17.0 Å². The molecule has 1 N–H and O–H groups in total. The summed E-state index contributed by atoms with van der Waals surface area (Å²) >= 11 is 0. The molecule has 3 aromatic carbocycles. The standard InChI is InChI=1S/C23H22N4O3/c28-23-25(16-18-8-3-1-4-9-18)17-22(26(23)20-11-5-2-6-12-20)15-24-19-10-7-13-21(14-19)27(29)30/h1-14,22,24H,15-17H2. The van der Waals surface area contributed by atoms with E-state index in [2.05, 4.69) is 5.32 Å². The van der Waals surface area contributed by atoms with Crippen LogP contribution in [0.3, 0.4) is 0 Å². The fraction of sp³-hybridized carbons (Fsp3) is 0.174. The van der Waals surface area contributed by atoms with Crippen molar-refractivity contribution >= 4 is 23.1 Å². The first kappa shape index (κ1) is 19.4. The number of urea groups is 1. The molecule has 0 saturated carbocycles. The number of non-ortho nitro benzene ring substituents is 1. The van der Waals surface area contributed by atoms with Crippen LogP contribution in [-0.4, -0.2) is 35.0 Å². The van der Waals surface area contributed by atoms with Gasteiger partial charge in [0.25, 0.3) is 5.69 Å². The quantitative estimate of drug-likeness (QED) is 0.466. The molecule has 30 heavy (non-hydrogen) atoms. The Bertz CT molecular complexity index is 1030. The first-order valence-corrected chi connectivity index (χ1v) is 9.77. The van der Waals surface area contributed by atoms with Gasteiger partial charge in [0.1, 0.15) is 0 Å². The number of nitrogens with one attached hydrogen (secondary N) is 1. The first-order valence-electron chi connectivity index (χ1n) is 9.77. The normalized spacial score (nSPS) is 16.0. The second-order valence-corrected chi connectivity index (χ2v) is 7.20. The Hall–Kier alpha value is -3.87. The third-order valence-electron chi connectivity index (χ3n) is 5.12. The van der Waals surface area contributed by atoms with Crippen molar-refractivity contribution in [1.29, 1.82) is 0 Å². The van der Waals surface area contributed by atoms with E-state index in [0.29, 0.717) is 25.3 Å². The average Bonchev–Trinajstić information content (AvgIpc) is 3.08. The van der Waals surface area contributed by atoms with E-state index >= 15 is 0 Å². The second kappa shape index (κ2) is 8.65. The summed E-state index contributed by atoms with van der Waals surface area (Å²) in [6, 6.07) is 25.7. The predicted molar refractivity (Wildman–Crippen MR) is 117 cm³/mol. The van der Waals surface area contributed by atoms with Crippen LogP contribution in [0.5, 0.6) is 0 Å². The Morgan fingerprint density at radius 2 is 1.67 bits per heavy atom. The Morgan fingerprint density at radius 3 is 2.37 bits per heavy atom. The van der Waals surface area contributed by atoms with Gasteiger partial charge in [0.05, 0.1) is 11.0 Å². The number of nitro benzene ring substituents is 1. The zero-order valence-electron chi connectivity index (χ0n) is 16.3. The molecule has 2 amide bonds. The van der Waals surface area contributed by atoms with Crippen molar-refractivity contribution in [3.05, 3.63) is 101 Å². The van der Waals surface area contributed by atoms with Crippen molar-refractivity contribution in [3.8, 4) is 0 Å². The molecule has 1 fully saturated rings. The third kappa shape index (κ3) is 4.25. The number of para-hydroxylation sites is 1. The lowest BCUT2D eigenvalue weighted by molar-refractivity contribution is -0.384. The predicted octanol–water partition coefficient (Wildman–Crippen LogP) is 4.52. The van der Waals surface area contributed by atoms with Gasteiger partial charge in [-0.1, -0.05) is 54.6 Å². The topological polar surface area (TPSA) is 78.7 Å². The lowest BCUT2D eigenvalue weighted by atomic mass is 10.2. The minimum Gasteiger partial charge on any atom is -0.383 e. The molecule has 152 valence electrons. The van der Waals surface area contributed by atoms with E-state index < -0.39 is 4.92 Å². The number of benzene rings is 3. The molecular weight excluding hydrogens is 380 g/mol.